The highest BCUT2D eigenvalue weighted by Crippen LogP contribution is 2.37. The predicted octanol–water partition coefficient (Wildman–Crippen LogP) is 1.44. The second-order valence-electron chi connectivity index (χ2n) is 3.62. The lowest BCUT2D eigenvalue weighted by Gasteiger charge is -2.25. The summed E-state index contributed by atoms with van der Waals surface area (Å²) in [6.07, 6.45) is 0.812. The zero-order valence-corrected chi connectivity index (χ0v) is 9.52. The molecule has 1 aliphatic heterocycles. The molecule has 3 N–H and O–H groups in total. The molecule has 0 fully saturated rings. The molecule has 2 rings (SSSR count). The maximum Gasteiger partial charge on any atom is 0.234 e. The van der Waals surface area contributed by atoms with Gasteiger partial charge in [0.15, 0.2) is 0 Å². The Labute approximate surface area is 97.6 Å². The van der Waals surface area contributed by atoms with Crippen molar-refractivity contribution in [1.29, 1.82) is 0 Å². The lowest BCUT2D eigenvalue weighted by atomic mass is 10.0. The van der Waals surface area contributed by atoms with Crippen LogP contribution in [0.5, 0.6) is 0 Å². The second-order valence-corrected chi connectivity index (χ2v) is 4.72. The van der Waals surface area contributed by atoms with Crippen molar-refractivity contribution in [3.63, 3.8) is 0 Å². The molecule has 1 unspecified atom stereocenters. The van der Waals surface area contributed by atoms with Crippen LogP contribution in [0.3, 0.4) is 0 Å². The van der Waals surface area contributed by atoms with Crippen LogP contribution >= 0.6 is 11.8 Å². The maximum absolute atomic E-state index is 13.5. The topological polar surface area (TPSA) is 55.1 Å². The minimum Gasteiger partial charge on any atom is -0.348 e. The molecule has 16 heavy (non-hydrogen) atoms. The molecule has 0 aliphatic carbocycles. The Kier molecular flexibility index (Phi) is 3.46. The summed E-state index contributed by atoms with van der Waals surface area (Å²) in [4.78, 5) is 11.9. The number of carbonyl (C=O) groups is 1. The molecule has 0 radical (unpaired) electrons. The number of amides is 1. The number of nitrogens with two attached hydrogens (primary N) is 1. The molecule has 1 amide bonds. The number of halogens is 1. The van der Waals surface area contributed by atoms with E-state index in [0.717, 1.165) is 17.7 Å². The molecule has 1 aromatic rings. The lowest BCUT2D eigenvalue weighted by molar-refractivity contribution is -0.120. The Bertz CT molecular complexity index is 411. The van der Waals surface area contributed by atoms with Gasteiger partial charge in [-0.15, -0.1) is 11.8 Å². The van der Waals surface area contributed by atoms with Gasteiger partial charge in [-0.1, -0.05) is 12.1 Å². The van der Waals surface area contributed by atoms with Gasteiger partial charge in [-0.2, -0.15) is 0 Å². The highest BCUT2D eigenvalue weighted by molar-refractivity contribution is 7.99. The Balaban J connectivity index is 2.26. The van der Waals surface area contributed by atoms with Crippen LogP contribution in [0.4, 0.5) is 4.39 Å². The van der Waals surface area contributed by atoms with Crippen molar-refractivity contribution in [1.82, 2.24) is 5.32 Å². The fourth-order valence-corrected chi connectivity index (χ4v) is 2.93. The average Bonchev–Trinajstić information content (AvgIpc) is 2.30. The smallest absolute Gasteiger partial charge is 0.234 e. The fraction of sp³-hybridized carbons (Fsp3) is 0.364. The first kappa shape index (κ1) is 11.4. The summed E-state index contributed by atoms with van der Waals surface area (Å²) in [5.41, 5.74) is 6.11. The second kappa shape index (κ2) is 4.84. The van der Waals surface area contributed by atoms with Gasteiger partial charge >= 0.3 is 0 Å². The Morgan fingerprint density at radius 2 is 2.44 bits per heavy atom. The largest absolute Gasteiger partial charge is 0.348 e. The van der Waals surface area contributed by atoms with Crippen molar-refractivity contribution < 1.29 is 9.18 Å². The third-order valence-corrected chi connectivity index (χ3v) is 3.71. The maximum atomic E-state index is 13.5. The molecule has 0 aromatic heterocycles. The number of hydrogen-bond donors (Lipinski definition) is 2. The van der Waals surface area contributed by atoms with Gasteiger partial charge in [-0.25, -0.2) is 4.39 Å². The van der Waals surface area contributed by atoms with Crippen LogP contribution in [0, 0.1) is 5.82 Å². The predicted molar refractivity (Wildman–Crippen MR) is 61.7 cm³/mol. The first-order valence-corrected chi connectivity index (χ1v) is 6.11. The van der Waals surface area contributed by atoms with E-state index in [4.69, 9.17) is 5.73 Å². The van der Waals surface area contributed by atoms with Gasteiger partial charge in [-0.3, -0.25) is 4.79 Å². The van der Waals surface area contributed by atoms with Crippen LogP contribution in [-0.4, -0.2) is 18.2 Å². The van der Waals surface area contributed by atoms with E-state index in [2.05, 4.69) is 5.32 Å². The molecular weight excluding hydrogens is 227 g/mol. The van der Waals surface area contributed by atoms with E-state index < -0.39 is 0 Å². The molecule has 3 nitrogen and oxygen atoms in total. The van der Waals surface area contributed by atoms with Gasteiger partial charge < -0.3 is 11.1 Å². The number of fused-ring (bicyclic) bond motifs is 1. The van der Waals surface area contributed by atoms with Crippen molar-refractivity contribution in [3.8, 4) is 0 Å². The molecule has 0 saturated heterocycles. The monoisotopic (exact) mass is 240 g/mol. The van der Waals surface area contributed by atoms with Crippen LogP contribution in [0.1, 0.15) is 18.0 Å². The summed E-state index contributed by atoms with van der Waals surface area (Å²) < 4.78 is 13.5. The minimum absolute atomic E-state index is 0.0334. The summed E-state index contributed by atoms with van der Waals surface area (Å²) in [5.74, 6) is 0.394. The fourth-order valence-electron chi connectivity index (χ4n) is 1.79. The summed E-state index contributed by atoms with van der Waals surface area (Å²) in [5, 5.41) is 2.81. The summed E-state index contributed by atoms with van der Waals surface area (Å²) in [6.45, 7) is -0.0334. The van der Waals surface area contributed by atoms with Crippen LogP contribution in [0.25, 0.3) is 0 Å². The van der Waals surface area contributed by atoms with Crippen molar-refractivity contribution in [2.75, 3.05) is 12.3 Å². The molecule has 1 aliphatic rings. The van der Waals surface area contributed by atoms with Crippen molar-refractivity contribution in [2.24, 2.45) is 5.73 Å². The van der Waals surface area contributed by atoms with Crippen LogP contribution in [0.2, 0.25) is 0 Å². The van der Waals surface area contributed by atoms with E-state index >= 15 is 0 Å². The summed E-state index contributed by atoms with van der Waals surface area (Å²) >= 11 is 1.50. The van der Waals surface area contributed by atoms with E-state index in [1.165, 1.54) is 17.8 Å². The molecule has 1 heterocycles. The van der Waals surface area contributed by atoms with Gasteiger partial charge in [-0.05, 0) is 18.1 Å². The van der Waals surface area contributed by atoms with Crippen LogP contribution in [-0.2, 0) is 4.79 Å². The van der Waals surface area contributed by atoms with Gasteiger partial charge in [0.2, 0.25) is 5.91 Å². The Morgan fingerprint density at radius 1 is 1.62 bits per heavy atom. The normalized spacial score (nSPS) is 19.0. The molecule has 86 valence electrons. The summed E-state index contributed by atoms with van der Waals surface area (Å²) in [7, 11) is 0. The van der Waals surface area contributed by atoms with Gasteiger partial charge in [0.25, 0.3) is 0 Å². The molecule has 0 spiro atoms. The number of benzene rings is 1. The summed E-state index contributed by atoms with van der Waals surface area (Å²) in [6, 6.07) is 4.86. The van der Waals surface area contributed by atoms with E-state index in [1.807, 2.05) is 6.07 Å². The molecule has 1 atom stereocenters. The van der Waals surface area contributed by atoms with Gasteiger partial charge in [0.05, 0.1) is 12.6 Å². The van der Waals surface area contributed by atoms with Crippen molar-refractivity contribution >= 4 is 17.7 Å². The van der Waals surface area contributed by atoms with E-state index in [-0.39, 0.29) is 24.3 Å². The third-order valence-electron chi connectivity index (χ3n) is 2.55. The number of thioether (sulfide) groups is 1. The highest BCUT2D eigenvalue weighted by atomic mass is 32.2. The number of carbonyl (C=O) groups excluding carboxylic acids is 1. The van der Waals surface area contributed by atoms with Gasteiger partial charge in [0.1, 0.15) is 5.82 Å². The van der Waals surface area contributed by atoms with Crippen molar-refractivity contribution in [2.45, 2.75) is 17.4 Å². The minimum atomic E-state index is -0.214. The average molecular weight is 240 g/mol. The van der Waals surface area contributed by atoms with E-state index in [1.54, 1.807) is 6.07 Å². The van der Waals surface area contributed by atoms with Crippen molar-refractivity contribution in [3.05, 3.63) is 29.6 Å². The standard InChI is InChI=1S/C11H13FN2OS/c12-8-3-1-2-7-9(14-10(15)6-13)4-5-16-11(7)8/h1-3,9H,4-6,13H2,(H,14,15). The first-order chi connectivity index (χ1) is 7.72. The highest BCUT2D eigenvalue weighted by Gasteiger charge is 2.23. The van der Waals surface area contributed by atoms with Crippen LogP contribution in [0.15, 0.2) is 23.1 Å². The number of rotatable bonds is 2. The zero-order valence-electron chi connectivity index (χ0n) is 8.70. The number of hydrogen-bond acceptors (Lipinski definition) is 3. The Morgan fingerprint density at radius 3 is 3.19 bits per heavy atom. The Hall–Kier alpha value is -1.07. The first-order valence-electron chi connectivity index (χ1n) is 5.13. The van der Waals surface area contributed by atoms with Gasteiger partial charge in [0, 0.05) is 10.6 Å². The lowest BCUT2D eigenvalue weighted by Crippen LogP contribution is -2.35. The van der Waals surface area contributed by atoms with E-state index in [9.17, 15) is 9.18 Å². The third kappa shape index (κ3) is 2.20. The van der Waals surface area contributed by atoms with Crippen LogP contribution < -0.4 is 11.1 Å². The molecule has 0 bridgehead atoms. The number of nitrogens with one attached hydrogen (secondary N) is 1. The molecule has 0 saturated carbocycles. The SMILES string of the molecule is NCC(=O)NC1CCSc2c(F)cccc21. The zero-order chi connectivity index (χ0) is 11.5. The molecule has 5 heteroatoms. The molecule has 1 aromatic carbocycles. The quantitative estimate of drug-likeness (QED) is 0.822. The van der Waals surface area contributed by atoms with E-state index in [0.29, 0.717) is 4.90 Å². The molecular formula is C11H13FN2OS.